The van der Waals surface area contributed by atoms with Crippen molar-refractivity contribution in [3.63, 3.8) is 0 Å². The van der Waals surface area contributed by atoms with E-state index in [-0.39, 0.29) is 23.3 Å². The van der Waals surface area contributed by atoms with Crippen molar-refractivity contribution in [2.75, 3.05) is 5.32 Å². The minimum atomic E-state index is -1.36. The fourth-order valence-electron chi connectivity index (χ4n) is 1.66. The van der Waals surface area contributed by atoms with Crippen LogP contribution in [0, 0.1) is 10.1 Å². The highest BCUT2D eigenvalue weighted by Crippen LogP contribution is 2.21. The number of nitro groups is 1. The van der Waals surface area contributed by atoms with Gasteiger partial charge in [0.25, 0.3) is 5.69 Å². The van der Waals surface area contributed by atoms with E-state index in [4.69, 9.17) is 5.11 Å². The SMILES string of the molecule is CC(Nc1ncc([N+](=O)[O-])cc1C(=O)O)C(=O)NC1CC1. The summed E-state index contributed by atoms with van der Waals surface area (Å²) in [5, 5.41) is 25.1. The van der Waals surface area contributed by atoms with Crippen LogP contribution in [0.5, 0.6) is 0 Å². The Morgan fingerprint density at radius 2 is 2.19 bits per heavy atom. The van der Waals surface area contributed by atoms with Crippen molar-refractivity contribution in [3.8, 4) is 0 Å². The van der Waals surface area contributed by atoms with Gasteiger partial charge in [-0.15, -0.1) is 0 Å². The number of carboxylic acids is 1. The Balaban J connectivity index is 2.15. The fraction of sp³-hybridized carbons (Fsp3) is 0.417. The molecule has 0 radical (unpaired) electrons. The average Bonchev–Trinajstić information content (AvgIpc) is 3.22. The molecule has 1 aliphatic carbocycles. The molecule has 1 aromatic rings. The van der Waals surface area contributed by atoms with Crippen LogP contribution in [-0.4, -0.2) is 39.0 Å². The number of nitrogens with zero attached hydrogens (tertiary/aromatic N) is 2. The highest BCUT2D eigenvalue weighted by atomic mass is 16.6. The minimum absolute atomic E-state index is 0.0773. The van der Waals surface area contributed by atoms with Crippen LogP contribution in [0.25, 0.3) is 0 Å². The lowest BCUT2D eigenvalue weighted by atomic mass is 10.2. The number of carbonyl (C=O) groups is 2. The first-order chi connectivity index (χ1) is 9.88. The summed E-state index contributed by atoms with van der Waals surface area (Å²) in [4.78, 5) is 36.6. The molecule has 0 bridgehead atoms. The maximum atomic E-state index is 11.8. The number of hydrogen-bond donors (Lipinski definition) is 3. The van der Waals surface area contributed by atoms with Gasteiger partial charge in [0, 0.05) is 12.1 Å². The summed E-state index contributed by atoms with van der Waals surface area (Å²) in [6, 6.07) is 0.395. The highest BCUT2D eigenvalue weighted by Gasteiger charge is 2.26. The van der Waals surface area contributed by atoms with Gasteiger partial charge in [-0.05, 0) is 19.8 Å². The summed E-state index contributed by atoms with van der Waals surface area (Å²) < 4.78 is 0. The van der Waals surface area contributed by atoms with Gasteiger partial charge in [0.05, 0.1) is 4.92 Å². The smallest absolute Gasteiger partial charge is 0.339 e. The van der Waals surface area contributed by atoms with Gasteiger partial charge in [-0.3, -0.25) is 14.9 Å². The molecule has 1 saturated carbocycles. The maximum Gasteiger partial charge on any atom is 0.339 e. The Hall–Kier alpha value is -2.71. The Kier molecular flexibility index (Phi) is 4.01. The quantitative estimate of drug-likeness (QED) is 0.521. The van der Waals surface area contributed by atoms with E-state index < -0.39 is 22.6 Å². The third-order valence-corrected chi connectivity index (χ3v) is 2.98. The number of pyridine rings is 1. The second-order valence-electron chi connectivity index (χ2n) is 4.80. The van der Waals surface area contributed by atoms with Crippen molar-refractivity contribution in [1.29, 1.82) is 0 Å². The molecule has 0 aromatic carbocycles. The maximum absolute atomic E-state index is 11.8. The largest absolute Gasteiger partial charge is 0.478 e. The molecule has 3 N–H and O–H groups in total. The molecule has 0 saturated heterocycles. The van der Waals surface area contributed by atoms with Crippen molar-refractivity contribution >= 4 is 23.4 Å². The number of amides is 1. The molecule has 1 heterocycles. The molecule has 1 atom stereocenters. The molecule has 1 unspecified atom stereocenters. The van der Waals surface area contributed by atoms with Crippen molar-refractivity contribution in [3.05, 3.63) is 27.9 Å². The van der Waals surface area contributed by atoms with Crippen molar-refractivity contribution < 1.29 is 19.6 Å². The zero-order chi connectivity index (χ0) is 15.6. The number of aromatic nitrogens is 1. The van der Waals surface area contributed by atoms with Crippen LogP contribution in [0.2, 0.25) is 0 Å². The molecular weight excluding hydrogens is 280 g/mol. The number of rotatable bonds is 6. The summed E-state index contributed by atoms with van der Waals surface area (Å²) in [6.07, 6.45) is 2.82. The third kappa shape index (κ3) is 3.65. The van der Waals surface area contributed by atoms with E-state index in [2.05, 4.69) is 15.6 Å². The Morgan fingerprint density at radius 1 is 1.52 bits per heavy atom. The molecule has 0 aliphatic heterocycles. The lowest BCUT2D eigenvalue weighted by Gasteiger charge is -2.15. The second-order valence-corrected chi connectivity index (χ2v) is 4.80. The van der Waals surface area contributed by atoms with Gasteiger partial charge in [0.15, 0.2) is 0 Å². The Labute approximate surface area is 119 Å². The number of nitrogens with one attached hydrogen (secondary N) is 2. The van der Waals surface area contributed by atoms with Crippen LogP contribution in [0.1, 0.15) is 30.1 Å². The van der Waals surface area contributed by atoms with E-state index in [1.807, 2.05) is 0 Å². The van der Waals surface area contributed by atoms with Crippen LogP contribution in [-0.2, 0) is 4.79 Å². The molecule has 2 rings (SSSR count). The standard InChI is InChI=1S/C12H14N4O5/c1-6(11(17)15-7-2-3-7)14-10-9(12(18)19)4-8(5-13-10)16(20)21/h4-7H,2-3H2,1H3,(H,13,14)(H,15,17)(H,18,19). The first kappa shape index (κ1) is 14.7. The monoisotopic (exact) mass is 294 g/mol. The zero-order valence-electron chi connectivity index (χ0n) is 11.2. The van der Waals surface area contributed by atoms with Crippen LogP contribution in [0.3, 0.4) is 0 Å². The van der Waals surface area contributed by atoms with Crippen LogP contribution < -0.4 is 10.6 Å². The van der Waals surface area contributed by atoms with Crippen LogP contribution >= 0.6 is 0 Å². The molecule has 9 heteroatoms. The molecule has 1 aliphatic rings. The van der Waals surface area contributed by atoms with Crippen molar-refractivity contribution in [1.82, 2.24) is 10.3 Å². The normalized spacial score (nSPS) is 15.1. The second kappa shape index (κ2) is 5.73. The summed E-state index contributed by atoms with van der Waals surface area (Å²) in [5.74, 6) is -1.70. The third-order valence-electron chi connectivity index (χ3n) is 2.98. The topological polar surface area (TPSA) is 134 Å². The molecule has 9 nitrogen and oxygen atoms in total. The fourth-order valence-corrected chi connectivity index (χ4v) is 1.66. The summed E-state index contributed by atoms with van der Waals surface area (Å²) >= 11 is 0. The Morgan fingerprint density at radius 3 is 2.71 bits per heavy atom. The average molecular weight is 294 g/mol. The summed E-state index contributed by atoms with van der Waals surface area (Å²) in [6.45, 7) is 1.56. The lowest BCUT2D eigenvalue weighted by molar-refractivity contribution is -0.385. The van der Waals surface area contributed by atoms with Crippen molar-refractivity contribution in [2.45, 2.75) is 31.8 Å². The zero-order valence-corrected chi connectivity index (χ0v) is 11.2. The first-order valence-electron chi connectivity index (χ1n) is 6.33. The predicted octanol–water partition coefficient (Wildman–Crippen LogP) is 0.767. The summed E-state index contributed by atoms with van der Waals surface area (Å²) in [5.41, 5.74) is -0.775. The first-order valence-corrected chi connectivity index (χ1v) is 6.33. The van der Waals surface area contributed by atoms with E-state index in [0.29, 0.717) is 0 Å². The molecule has 1 amide bonds. The minimum Gasteiger partial charge on any atom is -0.478 e. The van der Waals surface area contributed by atoms with E-state index in [9.17, 15) is 19.7 Å². The van der Waals surface area contributed by atoms with E-state index >= 15 is 0 Å². The van der Waals surface area contributed by atoms with Gasteiger partial charge in [0.2, 0.25) is 5.91 Å². The molecular formula is C12H14N4O5. The van der Waals surface area contributed by atoms with Gasteiger partial charge in [-0.1, -0.05) is 0 Å². The van der Waals surface area contributed by atoms with Gasteiger partial charge in [0.1, 0.15) is 23.6 Å². The molecule has 1 fully saturated rings. The van der Waals surface area contributed by atoms with Gasteiger partial charge in [-0.2, -0.15) is 0 Å². The number of carboxylic acid groups (broad SMARTS) is 1. The van der Waals surface area contributed by atoms with Crippen molar-refractivity contribution in [2.24, 2.45) is 0 Å². The van der Waals surface area contributed by atoms with Crippen LogP contribution in [0.4, 0.5) is 11.5 Å². The number of aromatic carboxylic acids is 1. The van der Waals surface area contributed by atoms with E-state index in [1.54, 1.807) is 6.92 Å². The van der Waals surface area contributed by atoms with Gasteiger partial charge in [-0.25, -0.2) is 9.78 Å². The number of hydrogen-bond acceptors (Lipinski definition) is 6. The molecule has 21 heavy (non-hydrogen) atoms. The predicted molar refractivity (Wildman–Crippen MR) is 72.1 cm³/mol. The van der Waals surface area contributed by atoms with E-state index in [0.717, 1.165) is 25.1 Å². The van der Waals surface area contributed by atoms with Crippen LogP contribution in [0.15, 0.2) is 12.3 Å². The van der Waals surface area contributed by atoms with Gasteiger partial charge < -0.3 is 15.7 Å². The molecule has 112 valence electrons. The lowest BCUT2D eigenvalue weighted by Crippen LogP contribution is -2.39. The molecule has 1 aromatic heterocycles. The number of carbonyl (C=O) groups excluding carboxylic acids is 1. The molecule has 0 spiro atoms. The van der Waals surface area contributed by atoms with E-state index in [1.165, 1.54) is 0 Å². The highest BCUT2D eigenvalue weighted by molar-refractivity contribution is 5.95. The van der Waals surface area contributed by atoms with Gasteiger partial charge >= 0.3 is 5.97 Å². The summed E-state index contributed by atoms with van der Waals surface area (Å²) in [7, 11) is 0. The number of anilines is 1. The Bertz CT molecular complexity index is 599.